The van der Waals surface area contributed by atoms with Gasteiger partial charge in [0.2, 0.25) is 0 Å². The van der Waals surface area contributed by atoms with Gasteiger partial charge in [-0.05, 0) is 38.3 Å². The lowest BCUT2D eigenvalue weighted by molar-refractivity contribution is 0.0988. The van der Waals surface area contributed by atoms with Gasteiger partial charge in [-0.15, -0.1) is 0 Å². The summed E-state index contributed by atoms with van der Waals surface area (Å²) < 4.78 is 19.1. The van der Waals surface area contributed by atoms with Crippen molar-refractivity contribution in [1.82, 2.24) is 19.7 Å². The van der Waals surface area contributed by atoms with Gasteiger partial charge in [0.1, 0.15) is 17.2 Å². The topological polar surface area (TPSA) is 74.5 Å². The van der Waals surface area contributed by atoms with Crippen molar-refractivity contribution in [3.8, 4) is 17.6 Å². The largest absolute Gasteiger partial charge is 0.487 e. The molecule has 2 aromatic heterocycles. The van der Waals surface area contributed by atoms with Gasteiger partial charge in [-0.2, -0.15) is 15.1 Å². The Balaban J connectivity index is 1.41. The summed E-state index contributed by atoms with van der Waals surface area (Å²) in [6.45, 7) is 3.74. The number of aromatic nitrogens is 4. The maximum absolute atomic E-state index is 6.14. The van der Waals surface area contributed by atoms with Crippen molar-refractivity contribution in [2.75, 3.05) is 25.2 Å². The van der Waals surface area contributed by atoms with Gasteiger partial charge in [0.05, 0.1) is 37.6 Å². The number of hydrogen-bond acceptors (Lipinski definition) is 7. The van der Waals surface area contributed by atoms with Crippen molar-refractivity contribution in [2.24, 2.45) is 0 Å². The molecule has 0 N–H and O–H groups in total. The average Bonchev–Trinajstić information content (AvgIpc) is 3.14. The lowest BCUT2D eigenvalue weighted by atomic mass is 10.2. The van der Waals surface area contributed by atoms with Gasteiger partial charge in [-0.1, -0.05) is 0 Å². The fourth-order valence-corrected chi connectivity index (χ4v) is 4.24. The minimum Gasteiger partial charge on any atom is -0.487 e. The van der Waals surface area contributed by atoms with E-state index in [4.69, 9.17) is 14.2 Å². The van der Waals surface area contributed by atoms with E-state index in [0.717, 1.165) is 54.9 Å². The number of hydrogen-bond donors (Lipinski definition) is 0. The van der Waals surface area contributed by atoms with Crippen molar-refractivity contribution in [3.63, 3.8) is 0 Å². The van der Waals surface area contributed by atoms with Gasteiger partial charge in [-0.3, -0.25) is 0 Å². The van der Waals surface area contributed by atoms with Crippen molar-refractivity contribution in [1.29, 1.82) is 0 Å². The molecule has 3 fully saturated rings. The quantitative estimate of drug-likeness (QED) is 0.660. The first kappa shape index (κ1) is 17.0. The van der Waals surface area contributed by atoms with Crippen LogP contribution in [0.5, 0.6) is 11.8 Å². The van der Waals surface area contributed by atoms with Gasteiger partial charge >= 0.3 is 6.01 Å². The molecule has 8 heteroatoms. The highest BCUT2D eigenvalue weighted by molar-refractivity contribution is 5.81. The van der Waals surface area contributed by atoms with Crippen LogP contribution >= 0.6 is 0 Å². The number of ether oxygens (including phenoxy) is 3. The maximum Gasteiger partial charge on any atom is 0.320 e. The third-order valence-electron chi connectivity index (χ3n) is 6.13. The monoisotopic (exact) mass is 393 g/mol. The molecule has 2 aliphatic heterocycles. The van der Waals surface area contributed by atoms with Crippen LogP contribution in [-0.4, -0.2) is 57.8 Å². The van der Waals surface area contributed by atoms with Crippen LogP contribution in [0.3, 0.4) is 0 Å². The van der Waals surface area contributed by atoms with E-state index >= 15 is 0 Å². The Labute approximate surface area is 168 Å². The van der Waals surface area contributed by atoms with Crippen molar-refractivity contribution in [3.05, 3.63) is 30.5 Å². The van der Waals surface area contributed by atoms with Gasteiger partial charge in [-0.25, -0.2) is 4.68 Å². The molecule has 150 valence electrons. The molecule has 29 heavy (non-hydrogen) atoms. The smallest absolute Gasteiger partial charge is 0.320 e. The lowest BCUT2D eigenvalue weighted by Gasteiger charge is -2.28. The van der Waals surface area contributed by atoms with Gasteiger partial charge in [0.25, 0.3) is 0 Å². The van der Waals surface area contributed by atoms with E-state index in [1.54, 1.807) is 7.11 Å². The molecular formula is C21H23N5O3. The van der Waals surface area contributed by atoms with E-state index in [0.29, 0.717) is 24.0 Å². The SMILES string of the molecule is COc1nc(N2CC3CC2CO3)cc(-n2ncc3ccc(OC4(C)CC4)cc32)n1. The summed E-state index contributed by atoms with van der Waals surface area (Å²) in [6, 6.07) is 8.75. The molecule has 3 aromatic rings. The van der Waals surface area contributed by atoms with Crippen LogP contribution in [0.4, 0.5) is 5.82 Å². The predicted octanol–water partition coefficient (Wildman–Crippen LogP) is 2.73. The molecule has 0 spiro atoms. The molecule has 2 saturated heterocycles. The number of morpholine rings is 1. The number of methoxy groups -OCH3 is 1. The van der Waals surface area contributed by atoms with E-state index in [1.807, 2.05) is 35.1 Å². The molecular weight excluding hydrogens is 370 g/mol. The number of anilines is 1. The van der Waals surface area contributed by atoms with Gasteiger partial charge in [0.15, 0.2) is 5.82 Å². The first-order chi connectivity index (χ1) is 14.1. The van der Waals surface area contributed by atoms with Crippen molar-refractivity contribution >= 4 is 16.7 Å². The summed E-state index contributed by atoms with van der Waals surface area (Å²) in [4.78, 5) is 11.4. The molecule has 1 aromatic carbocycles. The lowest BCUT2D eigenvalue weighted by Crippen LogP contribution is -2.37. The van der Waals surface area contributed by atoms with Gasteiger partial charge < -0.3 is 19.1 Å². The second kappa shape index (κ2) is 6.06. The van der Waals surface area contributed by atoms with Crippen molar-refractivity contribution < 1.29 is 14.2 Å². The summed E-state index contributed by atoms with van der Waals surface area (Å²) in [7, 11) is 1.59. The summed E-state index contributed by atoms with van der Waals surface area (Å²) in [6.07, 6.45) is 5.37. The molecule has 6 rings (SSSR count). The molecule has 8 nitrogen and oxygen atoms in total. The second-order valence-corrected chi connectivity index (χ2v) is 8.40. The first-order valence-corrected chi connectivity index (χ1v) is 10.1. The van der Waals surface area contributed by atoms with Crippen LogP contribution < -0.4 is 14.4 Å². The van der Waals surface area contributed by atoms with E-state index in [2.05, 4.69) is 26.9 Å². The maximum atomic E-state index is 6.14. The minimum absolute atomic E-state index is 0.0268. The fraction of sp³-hybridized carbons (Fsp3) is 0.476. The Morgan fingerprint density at radius 3 is 2.76 bits per heavy atom. The zero-order chi connectivity index (χ0) is 19.6. The Kier molecular flexibility index (Phi) is 3.56. The van der Waals surface area contributed by atoms with E-state index in [9.17, 15) is 0 Å². The van der Waals surface area contributed by atoms with Crippen LogP contribution in [0, 0.1) is 0 Å². The third kappa shape index (κ3) is 2.90. The third-order valence-corrected chi connectivity index (χ3v) is 6.13. The Hall–Kier alpha value is -2.87. The van der Waals surface area contributed by atoms with Crippen LogP contribution in [0.15, 0.2) is 30.5 Å². The molecule has 1 aliphatic carbocycles. The van der Waals surface area contributed by atoms with Crippen LogP contribution in [0.1, 0.15) is 26.2 Å². The van der Waals surface area contributed by atoms with E-state index < -0.39 is 0 Å². The highest BCUT2D eigenvalue weighted by Crippen LogP contribution is 2.40. The van der Waals surface area contributed by atoms with Crippen LogP contribution in [0.25, 0.3) is 16.7 Å². The molecule has 0 amide bonds. The molecule has 1 saturated carbocycles. The Morgan fingerprint density at radius 1 is 1.17 bits per heavy atom. The molecule has 2 bridgehead atoms. The first-order valence-electron chi connectivity index (χ1n) is 10.1. The molecule has 0 radical (unpaired) electrons. The molecule has 2 unspecified atom stereocenters. The standard InChI is InChI=1S/C21H23N5O3/c1-21(5-6-21)29-15-4-3-13-10-22-26(17(13)8-15)19-9-18(23-20(24-19)27-2)25-11-16-7-14(25)12-28-16/h3-4,8-10,14,16H,5-7,11-12H2,1-2H3. The Morgan fingerprint density at radius 2 is 2.03 bits per heavy atom. The zero-order valence-electron chi connectivity index (χ0n) is 16.5. The van der Waals surface area contributed by atoms with E-state index in [-0.39, 0.29) is 5.60 Å². The molecule has 4 heterocycles. The summed E-state index contributed by atoms with van der Waals surface area (Å²) in [5.74, 6) is 2.39. The fourth-order valence-electron chi connectivity index (χ4n) is 4.24. The number of rotatable bonds is 5. The second-order valence-electron chi connectivity index (χ2n) is 8.40. The number of nitrogens with zero attached hydrogens (tertiary/aromatic N) is 5. The van der Waals surface area contributed by atoms with Crippen LogP contribution in [0.2, 0.25) is 0 Å². The van der Waals surface area contributed by atoms with Crippen molar-refractivity contribution in [2.45, 2.75) is 43.9 Å². The summed E-state index contributed by atoms with van der Waals surface area (Å²) >= 11 is 0. The average molecular weight is 393 g/mol. The minimum atomic E-state index is -0.0268. The zero-order valence-corrected chi connectivity index (χ0v) is 16.5. The molecule has 2 atom stereocenters. The van der Waals surface area contributed by atoms with E-state index in [1.165, 1.54) is 0 Å². The summed E-state index contributed by atoms with van der Waals surface area (Å²) in [5.41, 5.74) is 0.922. The normalized spacial score (nSPS) is 24.3. The van der Waals surface area contributed by atoms with Crippen LogP contribution in [-0.2, 0) is 4.74 Å². The number of fused-ring (bicyclic) bond motifs is 3. The highest BCUT2D eigenvalue weighted by Gasteiger charge is 2.41. The highest BCUT2D eigenvalue weighted by atomic mass is 16.5. The van der Waals surface area contributed by atoms with Gasteiger partial charge in [0, 0.05) is 24.1 Å². The predicted molar refractivity (Wildman–Crippen MR) is 107 cm³/mol. The Bertz CT molecular complexity index is 1090. The molecule has 3 aliphatic rings. The number of benzene rings is 1. The summed E-state index contributed by atoms with van der Waals surface area (Å²) in [5, 5.41) is 5.62.